The van der Waals surface area contributed by atoms with Gasteiger partial charge in [-0.25, -0.2) is 0 Å². The zero-order valence-corrected chi connectivity index (χ0v) is 12.4. The van der Waals surface area contributed by atoms with Crippen LogP contribution in [0.1, 0.15) is 31.9 Å². The SMILES string of the molecule is CC(C)(C)NCc1cnccc1OCc1ccccc1. The molecule has 1 heterocycles. The van der Waals surface area contributed by atoms with Gasteiger partial charge in [-0.15, -0.1) is 0 Å². The monoisotopic (exact) mass is 270 g/mol. The fourth-order valence-corrected chi connectivity index (χ4v) is 1.78. The lowest BCUT2D eigenvalue weighted by atomic mass is 10.1. The molecule has 0 atom stereocenters. The Hall–Kier alpha value is -1.87. The Morgan fingerprint density at radius 2 is 1.85 bits per heavy atom. The topological polar surface area (TPSA) is 34.2 Å². The fourth-order valence-electron chi connectivity index (χ4n) is 1.78. The van der Waals surface area contributed by atoms with Crippen LogP contribution < -0.4 is 10.1 Å². The zero-order chi connectivity index (χ0) is 14.4. The van der Waals surface area contributed by atoms with Gasteiger partial charge < -0.3 is 10.1 Å². The molecule has 20 heavy (non-hydrogen) atoms. The van der Waals surface area contributed by atoms with Crippen molar-refractivity contribution in [2.24, 2.45) is 0 Å². The second-order valence-corrected chi connectivity index (χ2v) is 5.86. The molecule has 0 aliphatic carbocycles. The summed E-state index contributed by atoms with van der Waals surface area (Å²) in [5.41, 5.74) is 2.32. The van der Waals surface area contributed by atoms with Gasteiger partial charge in [0.25, 0.3) is 0 Å². The van der Waals surface area contributed by atoms with E-state index in [0.717, 1.165) is 17.9 Å². The van der Waals surface area contributed by atoms with Crippen molar-refractivity contribution in [3.05, 3.63) is 59.9 Å². The number of hydrogen-bond acceptors (Lipinski definition) is 3. The highest BCUT2D eigenvalue weighted by Gasteiger charge is 2.11. The number of pyridine rings is 1. The molecule has 0 aliphatic heterocycles. The van der Waals surface area contributed by atoms with E-state index < -0.39 is 0 Å². The number of nitrogens with zero attached hydrogens (tertiary/aromatic N) is 1. The summed E-state index contributed by atoms with van der Waals surface area (Å²) >= 11 is 0. The van der Waals surface area contributed by atoms with Crippen LogP contribution in [0.25, 0.3) is 0 Å². The summed E-state index contributed by atoms with van der Waals surface area (Å²) in [5.74, 6) is 0.889. The van der Waals surface area contributed by atoms with Crippen LogP contribution in [0.2, 0.25) is 0 Å². The molecule has 3 nitrogen and oxygen atoms in total. The molecule has 1 aromatic carbocycles. The summed E-state index contributed by atoms with van der Waals surface area (Å²) in [6, 6.07) is 12.1. The summed E-state index contributed by atoms with van der Waals surface area (Å²) in [4.78, 5) is 4.18. The highest BCUT2D eigenvalue weighted by molar-refractivity contribution is 5.30. The Labute approximate surface area is 121 Å². The van der Waals surface area contributed by atoms with Crippen LogP contribution in [0, 0.1) is 0 Å². The van der Waals surface area contributed by atoms with Gasteiger partial charge >= 0.3 is 0 Å². The minimum absolute atomic E-state index is 0.0759. The largest absolute Gasteiger partial charge is 0.488 e. The Bertz CT molecular complexity index is 532. The highest BCUT2D eigenvalue weighted by Crippen LogP contribution is 2.19. The number of nitrogens with one attached hydrogen (secondary N) is 1. The maximum Gasteiger partial charge on any atom is 0.127 e. The van der Waals surface area contributed by atoms with Gasteiger partial charge in [-0.2, -0.15) is 0 Å². The third-order valence-electron chi connectivity index (χ3n) is 2.91. The number of aromatic nitrogens is 1. The number of hydrogen-bond donors (Lipinski definition) is 1. The van der Waals surface area contributed by atoms with E-state index in [1.54, 1.807) is 6.20 Å². The van der Waals surface area contributed by atoms with Gasteiger partial charge in [0, 0.05) is 30.0 Å². The standard InChI is InChI=1S/C17H22N2O/c1-17(2,3)19-12-15-11-18-10-9-16(15)20-13-14-7-5-4-6-8-14/h4-11,19H,12-13H2,1-3H3. The lowest BCUT2D eigenvalue weighted by Gasteiger charge is -2.21. The molecule has 0 saturated heterocycles. The van der Waals surface area contributed by atoms with Gasteiger partial charge in [-0.3, -0.25) is 4.98 Å². The first-order valence-electron chi connectivity index (χ1n) is 6.89. The molecule has 0 fully saturated rings. The Kier molecular flexibility index (Phi) is 4.74. The molecule has 0 spiro atoms. The molecule has 0 bridgehead atoms. The molecule has 1 aromatic heterocycles. The van der Waals surface area contributed by atoms with Crippen molar-refractivity contribution in [2.75, 3.05) is 0 Å². The van der Waals surface area contributed by atoms with Gasteiger partial charge in [0.2, 0.25) is 0 Å². The minimum Gasteiger partial charge on any atom is -0.488 e. The Balaban J connectivity index is 2.01. The highest BCUT2D eigenvalue weighted by atomic mass is 16.5. The molecule has 0 saturated carbocycles. The first kappa shape index (κ1) is 14.5. The molecule has 2 rings (SSSR count). The Morgan fingerprint density at radius 3 is 2.55 bits per heavy atom. The second-order valence-electron chi connectivity index (χ2n) is 5.86. The summed E-state index contributed by atoms with van der Waals surface area (Å²) in [5, 5.41) is 3.46. The number of rotatable bonds is 5. The molecule has 106 valence electrons. The third kappa shape index (κ3) is 4.67. The smallest absolute Gasteiger partial charge is 0.127 e. The average Bonchev–Trinajstić information content (AvgIpc) is 2.44. The van der Waals surface area contributed by atoms with Crippen LogP contribution >= 0.6 is 0 Å². The van der Waals surface area contributed by atoms with Crippen molar-refractivity contribution in [2.45, 2.75) is 39.5 Å². The van der Waals surface area contributed by atoms with Crippen molar-refractivity contribution in [3.8, 4) is 5.75 Å². The van der Waals surface area contributed by atoms with E-state index in [9.17, 15) is 0 Å². The maximum atomic E-state index is 5.91. The molecule has 0 radical (unpaired) electrons. The van der Waals surface area contributed by atoms with E-state index in [0.29, 0.717) is 6.61 Å². The molecular formula is C17H22N2O. The lowest BCUT2D eigenvalue weighted by molar-refractivity contribution is 0.299. The van der Waals surface area contributed by atoms with E-state index in [1.807, 2.05) is 30.5 Å². The molecule has 0 unspecified atom stereocenters. The van der Waals surface area contributed by atoms with E-state index in [2.05, 4.69) is 43.2 Å². The lowest BCUT2D eigenvalue weighted by Crippen LogP contribution is -2.35. The van der Waals surface area contributed by atoms with Crippen LogP contribution in [-0.4, -0.2) is 10.5 Å². The quantitative estimate of drug-likeness (QED) is 0.902. The molecule has 1 N–H and O–H groups in total. The second kappa shape index (κ2) is 6.53. The van der Waals surface area contributed by atoms with Gasteiger partial charge in [0.1, 0.15) is 12.4 Å². The van der Waals surface area contributed by atoms with Gasteiger partial charge in [0.15, 0.2) is 0 Å². The van der Waals surface area contributed by atoms with Crippen LogP contribution in [0.3, 0.4) is 0 Å². The zero-order valence-electron chi connectivity index (χ0n) is 12.4. The van der Waals surface area contributed by atoms with Gasteiger partial charge in [-0.05, 0) is 32.4 Å². The molecular weight excluding hydrogens is 248 g/mol. The maximum absolute atomic E-state index is 5.91. The molecule has 0 aliphatic rings. The third-order valence-corrected chi connectivity index (χ3v) is 2.91. The van der Waals surface area contributed by atoms with Crippen LogP contribution in [-0.2, 0) is 13.2 Å². The molecule has 2 aromatic rings. The van der Waals surface area contributed by atoms with Crippen molar-refractivity contribution >= 4 is 0 Å². The van der Waals surface area contributed by atoms with Crippen molar-refractivity contribution < 1.29 is 4.74 Å². The molecule has 3 heteroatoms. The van der Waals surface area contributed by atoms with E-state index in [-0.39, 0.29) is 5.54 Å². The van der Waals surface area contributed by atoms with E-state index in [1.165, 1.54) is 5.56 Å². The average molecular weight is 270 g/mol. The van der Waals surface area contributed by atoms with Crippen molar-refractivity contribution in [1.82, 2.24) is 10.3 Å². The van der Waals surface area contributed by atoms with Crippen molar-refractivity contribution in [1.29, 1.82) is 0 Å². The molecule has 0 amide bonds. The normalized spacial score (nSPS) is 11.3. The summed E-state index contributed by atoms with van der Waals surface area (Å²) in [7, 11) is 0. The predicted molar refractivity (Wildman–Crippen MR) is 81.6 cm³/mol. The Morgan fingerprint density at radius 1 is 1.10 bits per heavy atom. The van der Waals surface area contributed by atoms with Crippen LogP contribution in [0.15, 0.2) is 48.8 Å². The van der Waals surface area contributed by atoms with E-state index >= 15 is 0 Å². The number of ether oxygens (including phenoxy) is 1. The first-order valence-corrected chi connectivity index (χ1v) is 6.89. The fraction of sp³-hybridized carbons (Fsp3) is 0.353. The van der Waals surface area contributed by atoms with Gasteiger partial charge in [-0.1, -0.05) is 30.3 Å². The predicted octanol–water partition coefficient (Wildman–Crippen LogP) is 3.55. The minimum atomic E-state index is 0.0759. The van der Waals surface area contributed by atoms with Crippen molar-refractivity contribution in [3.63, 3.8) is 0 Å². The van der Waals surface area contributed by atoms with Gasteiger partial charge in [0.05, 0.1) is 0 Å². The summed E-state index contributed by atoms with van der Waals surface area (Å²) in [6.45, 7) is 7.77. The van der Waals surface area contributed by atoms with Crippen LogP contribution in [0.4, 0.5) is 0 Å². The summed E-state index contributed by atoms with van der Waals surface area (Å²) in [6.07, 6.45) is 3.62. The number of benzene rings is 1. The summed E-state index contributed by atoms with van der Waals surface area (Å²) < 4.78 is 5.91. The van der Waals surface area contributed by atoms with Crippen LogP contribution in [0.5, 0.6) is 5.75 Å². The first-order chi connectivity index (χ1) is 9.54. The van der Waals surface area contributed by atoms with E-state index in [4.69, 9.17) is 4.74 Å².